The molecule has 0 saturated carbocycles. The molecule has 8 aromatic rings. The molecule has 0 aliphatic rings. The molecular weight excluding hydrogens is 753 g/mol. The molecule has 9 nitrogen and oxygen atoms in total. The highest BCUT2D eigenvalue weighted by Gasteiger charge is 2.42. The van der Waals surface area contributed by atoms with Crippen molar-refractivity contribution in [3.63, 3.8) is 0 Å². The molecule has 0 bridgehead atoms. The first kappa shape index (κ1) is 39.1. The maximum absolute atomic E-state index is 14.3. The first-order valence-electron chi connectivity index (χ1n) is 19.8. The molecule has 59 heavy (non-hydrogen) atoms. The van der Waals surface area contributed by atoms with Crippen molar-refractivity contribution in [2.75, 3.05) is 7.11 Å². The third-order valence-electron chi connectivity index (χ3n) is 10.9. The fourth-order valence-electron chi connectivity index (χ4n) is 8.00. The summed E-state index contributed by atoms with van der Waals surface area (Å²) in [7, 11) is 1.37. The van der Waals surface area contributed by atoms with Crippen molar-refractivity contribution in [1.29, 1.82) is 0 Å². The predicted molar refractivity (Wildman–Crippen MR) is 233 cm³/mol. The van der Waals surface area contributed by atoms with E-state index in [-0.39, 0.29) is 12.1 Å². The number of aryl methyl sites for hydroxylation is 2. The number of benzene rings is 5. The lowest BCUT2D eigenvalue weighted by atomic mass is 9.77. The van der Waals surface area contributed by atoms with E-state index in [0.29, 0.717) is 34.9 Å². The lowest BCUT2D eigenvalue weighted by Gasteiger charge is -2.36. The number of hydrogen-bond acceptors (Lipinski definition) is 8. The maximum atomic E-state index is 14.3. The topological polar surface area (TPSA) is 105 Å². The molecule has 0 spiro atoms. The third-order valence-corrected chi connectivity index (χ3v) is 11.9. The van der Waals surface area contributed by atoms with Crippen LogP contribution in [0.25, 0.3) is 22.5 Å². The summed E-state index contributed by atoms with van der Waals surface area (Å²) >= 11 is 1.31. The summed E-state index contributed by atoms with van der Waals surface area (Å²) in [6.07, 6.45) is 3.05. The Kier molecular flexibility index (Phi) is 11.5. The number of rotatable bonds is 14. The zero-order chi connectivity index (χ0) is 40.8. The highest BCUT2D eigenvalue weighted by molar-refractivity contribution is 7.12. The number of ether oxygens (including phenoxy) is 1. The summed E-state index contributed by atoms with van der Waals surface area (Å²) in [6.45, 7) is 4.23. The third kappa shape index (κ3) is 7.55. The van der Waals surface area contributed by atoms with E-state index >= 15 is 0 Å². The summed E-state index contributed by atoms with van der Waals surface area (Å²) in [4.78, 5) is 32.3. The average molecular weight is 797 g/mol. The number of unbranched alkanes of at least 4 members (excludes halogenated alkanes) is 1. The summed E-state index contributed by atoms with van der Waals surface area (Å²) < 4.78 is 8.63. The minimum atomic E-state index is -0.895. The molecule has 8 rings (SSSR count). The minimum Gasteiger partial charge on any atom is -0.465 e. The van der Waals surface area contributed by atoms with Crippen molar-refractivity contribution in [3.8, 4) is 22.5 Å². The van der Waals surface area contributed by atoms with E-state index in [2.05, 4.69) is 121 Å². The van der Waals surface area contributed by atoms with Gasteiger partial charge in [0.15, 0.2) is 5.82 Å². The molecule has 0 radical (unpaired) electrons. The number of carbonyl (C=O) groups is 1. The van der Waals surface area contributed by atoms with E-state index in [1.54, 1.807) is 4.57 Å². The van der Waals surface area contributed by atoms with Crippen molar-refractivity contribution in [2.24, 2.45) is 0 Å². The zero-order valence-electron chi connectivity index (χ0n) is 33.3. The molecule has 294 valence electrons. The van der Waals surface area contributed by atoms with Gasteiger partial charge in [-0.25, -0.2) is 14.5 Å². The Morgan fingerprint density at radius 3 is 1.95 bits per heavy atom. The van der Waals surface area contributed by atoms with Gasteiger partial charge in [0.1, 0.15) is 16.2 Å². The Labute approximate surface area is 347 Å². The Morgan fingerprint density at radius 2 is 1.36 bits per heavy atom. The lowest BCUT2D eigenvalue weighted by molar-refractivity contribution is 0.0605. The molecule has 0 N–H and O–H groups in total. The summed E-state index contributed by atoms with van der Waals surface area (Å²) in [6, 6.07) is 49.6. The smallest absolute Gasteiger partial charge is 0.348 e. The highest BCUT2D eigenvalue weighted by atomic mass is 32.1. The molecule has 0 atom stereocenters. The molecular formula is C49H44N6O3S. The van der Waals surface area contributed by atoms with Crippen LogP contribution >= 0.6 is 11.3 Å². The molecule has 0 aliphatic heterocycles. The number of nitrogens with zero attached hydrogens (tertiary/aromatic N) is 6. The number of aromatic nitrogens is 6. The van der Waals surface area contributed by atoms with Crippen LogP contribution in [-0.2, 0) is 29.7 Å². The van der Waals surface area contributed by atoms with Gasteiger partial charge in [-0.3, -0.25) is 9.36 Å². The van der Waals surface area contributed by atoms with Crippen molar-refractivity contribution in [1.82, 2.24) is 29.8 Å². The van der Waals surface area contributed by atoms with Gasteiger partial charge in [0.05, 0.1) is 19.3 Å². The molecule has 0 amide bonds. The standard InChI is InChI=1S/C49H44N6O3S/c1-4-5-25-44-43(47(56)54(34(2)50-44)33-37-30-31-59-45(37)48(57)58-3)32-35-26-28-36(29-27-35)41-23-15-16-24-42(41)46-51-52-53-55(46)49(38-17-9-6-10-18-38,39-19-11-7-12-20-39)40-21-13-8-14-22-40/h6-24,26-31H,4-5,25,32-33H2,1-3H3. The fourth-order valence-corrected chi connectivity index (χ4v) is 8.83. The average Bonchev–Trinajstić information content (AvgIpc) is 3.98. The highest BCUT2D eigenvalue weighted by Crippen LogP contribution is 2.43. The van der Waals surface area contributed by atoms with E-state index in [1.165, 1.54) is 18.4 Å². The van der Waals surface area contributed by atoms with Gasteiger partial charge >= 0.3 is 5.97 Å². The van der Waals surface area contributed by atoms with E-state index in [9.17, 15) is 9.59 Å². The lowest BCUT2D eigenvalue weighted by Crippen LogP contribution is -2.39. The van der Waals surface area contributed by atoms with E-state index in [0.717, 1.165) is 63.0 Å². The van der Waals surface area contributed by atoms with Crippen LogP contribution in [0.4, 0.5) is 0 Å². The number of carbonyl (C=O) groups excluding carboxylic acids is 1. The second-order valence-electron chi connectivity index (χ2n) is 14.5. The van der Waals surface area contributed by atoms with Gasteiger partial charge in [-0.2, -0.15) is 0 Å². The van der Waals surface area contributed by atoms with Gasteiger partial charge in [-0.05, 0) is 80.6 Å². The van der Waals surface area contributed by atoms with E-state index in [1.807, 2.05) is 53.4 Å². The zero-order valence-corrected chi connectivity index (χ0v) is 34.1. The molecule has 0 saturated heterocycles. The van der Waals surface area contributed by atoms with Gasteiger partial charge < -0.3 is 4.74 Å². The molecule has 3 heterocycles. The first-order chi connectivity index (χ1) is 28.9. The Morgan fingerprint density at radius 1 is 0.763 bits per heavy atom. The van der Waals surface area contributed by atoms with E-state index < -0.39 is 11.5 Å². The van der Waals surface area contributed by atoms with Gasteiger partial charge in [0, 0.05) is 17.5 Å². The molecule has 3 aromatic heterocycles. The van der Waals surface area contributed by atoms with E-state index in [4.69, 9.17) is 20.0 Å². The van der Waals surface area contributed by atoms with Gasteiger partial charge in [-0.1, -0.05) is 153 Å². The van der Waals surface area contributed by atoms with Crippen LogP contribution in [-0.4, -0.2) is 42.8 Å². The SMILES string of the molecule is CCCCc1nc(C)n(Cc2ccsc2C(=O)OC)c(=O)c1Cc1ccc(-c2ccccc2-c2nnnn2C(c2ccccc2)(c2ccccc2)c2ccccc2)cc1. The van der Waals surface area contributed by atoms with Crippen LogP contribution in [0.15, 0.2) is 156 Å². The second kappa shape index (κ2) is 17.4. The van der Waals surface area contributed by atoms with Crippen molar-refractivity contribution in [2.45, 2.75) is 51.6 Å². The maximum Gasteiger partial charge on any atom is 0.348 e. The summed E-state index contributed by atoms with van der Waals surface area (Å²) in [5, 5.41) is 15.7. The van der Waals surface area contributed by atoms with Crippen LogP contribution in [0.2, 0.25) is 0 Å². The summed E-state index contributed by atoms with van der Waals surface area (Å²) in [5.41, 5.74) is 8.15. The van der Waals surface area contributed by atoms with Crippen LogP contribution in [0.1, 0.15) is 74.3 Å². The van der Waals surface area contributed by atoms with Gasteiger partial charge in [-0.15, -0.1) is 16.4 Å². The van der Waals surface area contributed by atoms with Crippen LogP contribution in [0, 0.1) is 6.92 Å². The van der Waals surface area contributed by atoms with Crippen LogP contribution < -0.4 is 5.56 Å². The normalized spacial score (nSPS) is 11.4. The summed E-state index contributed by atoms with van der Waals surface area (Å²) in [5.74, 6) is 0.834. The van der Waals surface area contributed by atoms with Crippen molar-refractivity contribution < 1.29 is 9.53 Å². The van der Waals surface area contributed by atoms with Gasteiger partial charge in [0.25, 0.3) is 5.56 Å². The molecule has 5 aromatic carbocycles. The predicted octanol–water partition coefficient (Wildman–Crippen LogP) is 9.54. The van der Waals surface area contributed by atoms with Gasteiger partial charge in [0.2, 0.25) is 0 Å². The molecule has 0 unspecified atom stereocenters. The molecule has 0 fully saturated rings. The second-order valence-corrected chi connectivity index (χ2v) is 15.4. The number of hydrogen-bond donors (Lipinski definition) is 0. The Hall–Kier alpha value is -6.78. The van der Waals surface area contributed by atoms with Crippen LogP contribution in [0.3, 0.4) is 0 Å². The number of esters is 1. The fraction of sp³-hybridized carbons (Fsp3) is 0.184. The van der Waals surface area contributed by atoms with Crippen molar-refractivity contribution >= 4 is 17.3 Å². The molecule has 10 heteroatoms. The van der Waals surface area contributed by atoms with Crippen molar-refractivity contribution in [3.05, 3.63) is 211 Å². The number of tetrazole rings is 1. The minimum absolute atomic E-state index is 0.0920. The molecule has 0 aliphatic carbocycles. The largest absolute Gasteiger partial charge is 0.465 e. The monoisotopic (exact) mass is 796 g/mol. The Balaban J connectivity index is 1.19. The number of methoxy groups -OCH3 is 1. The Bertz CT molecular complexity index is 2650. The quantitative estimate of drug-likeness (QED) is 0.0798. The first-order valence-corrected chi connectivity index (χ1v) is 20.7. The van der Waals surface area contributed by atoms with Crippen LogP contribution in [0.5, 0.6) is 0 Å². The number of thiophene rings is 1.